The summed E-state index contributed by atoms with van der Waals surface area (Å²) in [7, 11) is -3.67. The number of aryl methyl sites for hydroxylation is 1. The molecular formula is C11H17BrN2O3S2. The molecule has 0 saturated heterocycles. The van der Waals surface area contributed by atoms with E-state index in [-0.39, 0.29) is 10.8 Å². The van der Waals surface area contributed by atoms with Gasteiger partial charge in [-0.25, -0.2) is 8.42 Å². The Morgan fingerprint density at radius 1 is 1.53 bits per heavy atom. The quantitative estimate of drug-likeness (QED) is 0.806. The summed E-state index contributed by atoms with van der Waals surface area (Å²) >= 11 is 4.59. The molecule has 0 fully saturated rings. The van der Waals surface area contributed by atoms with Gasteiger partial charge in [-0.3, -0.25) is 4.79 Å². The van der Waals surface area contributed by atoms with Gasteiger partial charge < -0.3 is 5.32 Å². The minimum absolute atomic E-state index is 0.208. The molecular weight excluding hydrogens is 352 g/mol. The fourth-order valence-corrected chi connectivity index (χ4v) is 5.07. The van der Waals surface area contributed by atoms with Gasteiger partial charge in [0.25, 0.3) is 0 Å². The highest BCUT2D eigenvalue weighted by atomic mass is 79.9. The third-order valence-corrected chi connectivity index (χ3v) is 5.76. The second-order valence-corrected chi connectivity index (χ2v) is 8.42. The van der Waals surface area contributed by atoms with Crippen molar-refractivity contribution in [1.29, 1.82) is 0 Å². The topological polar surface area (TPSA) is 75.3 Å². The Morgan fingerprint density at radius 2 is 2.16 bits per heavy atom. The van der Waals surface area contributed by atoms with Crippen LogP contribution in [0.15, 0.2) is 14.7 Å². The largest absolute Gasteiger partial charge is 0.355 e. The van der Waals surface area contributed by atoms with E-state index in [0.29, 0.717) is 11.4 Å². The van der Waals surface area contributed by atoms with E-state index >= 15 is 0 Å². The Balaban J connectivity index is 2.80. The molecule has 1 aromatic rings. The molecule has 0 aliphatic rings. The van der Waals surface area contributed by atoms with Crippen LogP contribution in [0.2, 0.25) is 0 Å². The second-order valence-electron chi connectivity index (χ2n) is 4.10. The van der Waals surface area contributed by atoms with Crippen molar-refractivity contribution >= 4 is 43.2 Å². The van der Waals surface area contributed by atoms with Gasteiger partial charge >= 0.3 is 0 Å². The van der Waals surface area contributed by atoms with Crippen LogP contribution in [0, 0.1) is 6.92 Å². The Kier molecular flexibility index (Phi) is 5.97. The van der Waals surface area contributed by atoms with Crippen LogP contribution in [-0.2, 0) is 14.8 Å². The zero-order valence-electron chi connectivity index (χ0n) is 11.0. The van der Waals surface area contributed by atoms with Crippen LogP contribution in [0.25, 0.3) is 0 Å². The van der Waals surface area contributed by atoms with Crippen molar-refractivity contribution in [2.24, 2.45) is 0 Å². The molecule has 0 radical (unpaired) electrons. The van der Waals surface area contributed by atoms with Crippen LogP contribution in [0.4, 0.5) is 0 Å². The number of nitrogens with one attached hydrogen (secondary N) is 2. The maximum Gasteiger partial charge on any atom is 0.242 e. The van der Waals surface area contributed by atoms with E-state index in [1.807, 2.05) is 6.92 Å². The van der Waals surface area contributed by atoms with E-state index in [0.717, 1.165) is 10.2 Å². The molecule has 0 aromatic carbocycles. The van der Waals surface area contributed by atoms with Crippen molar-refractivity contribution < 1.29 is 13.2 Å². The highest BCUT2D eigenvalue weighted by Crippen LogP contribution is 2.29. The predicted molar refractivity (Wildman–Crippen MR) is 79.8 cm³/mol. The lowest BCUT2D eigenvalue weighted by Crippen LogP contribution is -2.44. The summed E-state index contributed by atoms with van der Waals surface area (Å²) in [5.41, 5.74) is 0. The molecule has 8 heteroatoms. The van der Waals surface area contributed by atoms with Gasteiger partial charge in [-0.15, -0.1) is 11.3 Å². The third-order valence-electron chi connectivity index (χ3n) is 2.41. The smallest absolute Gasteiger partial charge is 0.242 e. The molecule has 0 spiro atoms. The predicted octanol–water partition coefficient (Wildman–Crippen LogP) is 2.01. The molecule has 1 atom stereocenters. The summed E-state index contributed by atoms with van der Waals surface area (Å²) in [5.74, 6) is -0.322. The van der Waals surface area contributed by atoms with Crippen LogP contribution in [0.3, 0.4) is 0 Å². The molecule has 0 aliphatic heterocycles. The third kappa shape index (κ3) is 4.55. The van der Waals surface area contributed by atoms with E-state index in [4.69, 9.17) is 0 Å². The number of rotatable bonds is 6. The normalized spacial score (nSPS) is 13.3. The molecule has 5 nitrogen and oxygen atoms in total. The van der Waals surface area contributed by atoms with Gasteiger partial charge in [0.05, 0.1) is 14.7 Å². The summed E-state index contributed by atoms with van der Waals surface area (Å²) in [6, 6.07) is 0.744. The first-order valence-corrected chi connectivity index (χ1v) is 8.93. The number of thiophene rings is 1. The lowest BCUT2D eigenvalue weighted by Gasteiger charge is -2.13. The van der Waals surface area contributed by atoms with E-state index in [1.165, 1.54) is 18.3 Å². The summed E-state index contributed by atoms with van der Waals surface area (Å²) in [6.45, 7) is 5.72. The molecule has 0 saturated carbocycles. The first-order chi connectivity index (χ1) is 8.77. The summed E-state index contributed by atoms with van der Waals surface area (Å²) < 4.78 is 27.4. The maximum atomic E-state index is 12.1. The molecule has 108 valence electrons. The Bertz CT molecular complexity index is 554. The summed E-state index contributed by atoms with van der Waals surface area (Å²) in [4.78, 5) is 12.5. The van der Waals surface area contributed by atoms with Gasteiger partial charge in [-0.1, -0.05) is 6.92 Å². The van der Waals surface area contributed by atoms with Gasteiger partial charge in [0.1, 0.15) is 0 Å². The number of hydrogen-bond acceptors (Lipinski definition) is 4. The number of halogens is 1. The second kappa shape index (κ2) is 6.83. The lowest BCUT2D eigenvalue weighted by atomic mass is 10.3. The first kappa shape index (κ1) is 16.6. The highest BCUT2D eigenvalue weighted by molar-refractivity contribution is 9.11. The number of sulfonamides is 1. The highest BCUT2D eigenvalue weighted by Gasteiger charge is 2.24. The number of hydrogen-bond donors (Lipinski definition) is 2. The molecule has 2 N–H and O–H groups in total. The van der Waals surface area contributed by atoms with Gasteiger partial charge in [0, 0.05) is 11.4 Å². The van der Waals surface area contributed by atoms with Crippen molar-refractivity contribution in [1.82, 2.24) is 10.0 Å². The van der Waals surface area contributed by atoms with Crippen molar-refractivity contribution in [3.05, 3.63) is 14.7 Å². The zero-order valence-corrected chi connectivity index (χ0v) is 14.2. The Morgan fingerprint density at radius 3 is 2.63 bits per heavy atom. The lowest BCUT2D eigenvalue weighted by molar-refractivity contribution is -0.122. The van der Waals surface area contributed by atoms with E-state index in [1.54, 1.807) is 13.0 Å². The minimum Gasteiger partial charge on any atom is -0.355 e. The maximum absolute atomic E-state index is 12.1. The minimum atomic E-state index is -3.67. The van der Waals surface area contributed by atoms with Crippen LogP contribution in [0.1, 0.15) is 25.1 Å². The molecule has 1 amide bonds. The molecule has 1 rings (SSSR count). The fraction of sp³-hybridized carbons (Fsp3) is 0.545. The van der Waals surface area contributed by atoms with Gasteiger partial charge in [0.15, 0.2) is 0 Å². The van der Waals surface area contributed by atoms with Crippen LogP contribution < -0.4 is 10.0 Å². The molecule has 19 heavy (non-hydrogen) atoms. The first-order valence-electron chi connectivity index (χ1n) is 5.84. The van der Waals surface area contributed by atoms with Crippen molar-refractivity contribution in [3.63, 3.8) is 0 Å². The van der Waals surface area contributed by atoms with Gasteiger partial charge in [-0.2, -0.15) is 4.72 Å². The average molecular weight is 369 g/mol. The molecule has 0 aliphatic carbocycles. The number of carbonyl (C=O) groups is 1. The Labute approximate surface area is 126 Å². The molecule has 1 unspecified atom stereocenters. The monoisotopic (exact) mass is 368 g/mol. The summed E-state index contributed by atoms with van der Waals surface area (Å²) in [5, 5.41) is 2.65. The summed E-state index contributed by atoms with van der Waals surface area (Å²) in [6.07, 6.45) is 0.807. The Hall–Kier alpha value is -0.440. The average Bonchev–Trinajstić information content (AvgIpc) is 2.65. The number of amides is 1. The van der Waals surface area contributed by atoms with Crippen LogP contribution >= 0.6 is 27.3 Å². The van der Waals surface area contributed by atoms with E-state index in [2.05, 4.69) is 26.0 Å². The molecule has 0 bridgehead atoms. The molecule has 1 heterocycles. The fourth-order valence-electron chi connectivity index (χ4n) is 1.45. The van der Waals surface area contributed by atoms with Gasteiger partial charge in [-0.05, 0) is 42.3 Å². The standard InChI is InChI=1S/C11H17BrN2O3S2/c1-4-5-13-11(15)7(2)14-19(16,17)9-6-10(12)18-8(9)3/h6-7,14H,4-5H2,1-3H3,(H,13,15). The van der Waals surface area contributed by atoms with Crippen LogP contribution in [0.5, 0.6) is 0 Å². The van der Waals surface area contributed by atoms with Crippen molar-refractivity contribution in [3.8, 4) is 0 Å². The molecule has 1 aromatic heterocycles. The zero-order chi connectivity index (χ0) is 14.6. The van der Waals surface area contributed by atoms with Gasteiger partial charge in [0.2, 0.25) is 15.9 Å². The van der Waals surface area contributed by atoms with E-state index in [9.17, 15) is 13.2 Å². The van der Waals surface area contributed by atoms with Crippen molar-refractivity contribution in [2.45, 2.75) is 38.1 Å². The number of carbonyl (C=O) groups excluding carboxylic acids is 1. The van der Waals surface area contributed by atoms with Crippen LogP contribution in [-0.4, -0.2) is 26.9 Å². The van der Waals surface area contributed by atoms with E-state index < -0.39 is 16.1 Å². The SMILES string of the molecule is CCCNC(=O)C(C)NS(=O)(=O)c1cc(Br)sc1C. The van der Waals surface area contributed by atoms with Crippen molar-refractivity contribution in [2.75, 3.05) is 6.54 Å².